The molecule has 33 heavy (non-hydrogen) atoms. The molecule has 0 saturated carbocycles. The molecular formula is C26H32N2O5. The molecule has 0 atom stereocenters. The normalized spacial score (nSPS) is 11.3. The van der Waals surface area contributed by atoms with Crippen molar-refractivity contribution in [2.45, 2.75) is 39.7 Å². The molecular weight excluding hydrogens is 420 g/mol. The van der Waals surface area contributed by atoms with Crippen LogP contribution in [0.2, 0.25) is 0 Å². The Kier molecular flexibility index (Phi) is 7.01. The lowest BCUT2D eigenvalue weighted by molar-refractivity contribution is 0.0784. The summed E-state index contributed by atoms with van der Waals surface area (Å²) >= 11 is 0. The van der Waals surface area contributed by atoms with E-state index in [4.69, 9.17) is 18.7 Å². The molecule has 0 saturated heterocycles. The molecule has 0 bridgehead atoms. The van der Waals surface area contributed by atoms with E-state index in [-0.39, 0.29) is 11.3 Å². The van der Waals surface area contributed by atoms with Gasteiger partial charge in [0.05, 0.1) is 27.0 Å². The summed E-state index contributed by atoms with van der Waals surface area (Å²) in [7, 11) is 6.42. The SMILES string of the molecule is COc1cc(CN(C)C(=O)c2c(C)noc2-c2ccc(C(C)(C)C)cc2)cc(OC)c1OC. The van der Waals surface area contributed by atoms with Gasteiger partial charge in [-0.05, 0) is 35.6 Å². The summed E-state index contributed by atoms with van der Waals surface area (Å²) in [5, 5.41) is 4.07. The maximum atomic E-state index is 13.4. The first-order valence-corrected chi connectivity index (χ1v) is 10.7. The van der Waals surface area contributed by atoms with Crippen LogP contribution in [-0.4, -0.2) is 44.3 Å². The lowest BCUT2D eigenvalue weighted by atomic mass is 9.86. The third-order valence-corrected chi connectivity index (χ3v) is 5.58. The van der Waals surface area contributed by atoms with Gasteiger partial charge in [-0.3, -0.25) is 4.79 Å². The molecule has 1 amide bonds. The number of carbonyl (C=O) groups is 1. The van der Waals surface area contributed by atoms with E-state index in [1.807, 2.05) is 24.3 Å². The summed E-state index contributed by atoms with van der Waals surface area (Å²) in [6.45, 7) is 8.59. The van der Waals surface area contributed by atoms with Crippen LogP contribution in [0.15, 0.2) is 40.9 Å². The van der Waals surface area contributed by atoms with Crippen LogP contribution in [0, 0.1) is 6.92 Å². The fourth-order valence-corrected chi connectivity index (χ4v) is 3.70. The summed E-state index contributed by atoms with van der Waals surface area (Å²) in [6.07, 6.45) is 0. The number of benzene rings is 2. The first-order chi connectivity index (χ1) is 15.6. The largest absolute Gasteiger partial charge is 0.493 e. The number of ether oxygens (including phenoxy) is 3. The first-order valence-electron chi connectivity index (χ1n) is 10.7. The van der Waals surface area contributed by atoms with Crippen LogP contribution in [-0.2, 0) is 12.0 Å². The van der Waals surface area contributed by atoms with Gasteiger partial charge in [0, 0.05) is 19.2 Å². The molecule has 1 aromatic heterocycles. The predicted octanol–water partition coefficient (Wildman–Crippen LogP) is 5.25. The van der Waals surface area contributed by atoms with Crippen molar-refractivity contribution < 1.29 is 23.5 Å². The molecule has 7 heteroatoms. The molecule has 0 aliphatic heterocycles. The minimum absolute atomic E-state index is 0.0369. The molecule has 3 rings (SSSR count). The zero-order valence-electron chi connectivity index (χ0n) is 20.6. The first kappa shape index (κ1) is 24.2. The Labute approximate surface area is 195 Å². The number of hydrogen-bond acceptors (Lipinski definition) is 6. The number of carbonyl (C=O) groups excluding carboxylic acids is 1. The maximum Gasteiger partial charge on any atom is 0.259 e. The van der Waals surface area contributed by atoms with Crippen LogP contribution in [0.25, 0.3) is 11.3 Å². The van der Waals surface area contributed by atoms with Crippen molar-refractivity contribution in [2.24, 2.45) is 0 Å². The Bertz CT molecular complexity index is 1100. The highest BCUT2D eigenvalue weighted by atomic mass is 16.5. The lowest BCUT2D eigenvalue weighted by Gasteiger charge is -2.20. The third kappa shape index (κ3) is 4.97. The Balaban J connectivity index is 1.90. The highest BCUT2D eigenvalue weighted by Crippen LogP contribution is 2.38. The number of aryl methyl sites for hydroxylation is 1. The third-order valence-electron chi connectivity index (χ3n) is 5.58. The van der Waals surface area contributed by atoms with Gasteiger partial charge < -0.3 is 23.6 Å². The summed E-state index contributed by atoms with van der Waals surface area (Å²) < 4.78 is 21.8. The van der Waals surface area contributed by atoms with E-state index < -0.39 is 0 Å². The van der Waals surface area contributed by atoms with Crippen LogP contribution in [0.5, 0.6) is 17.2 Å². The number of nitrogens with zero attached hydrogens (tertiary/aromatic N) is 2. The van der Waals surface area contributed by atoms with Crippen LogP contribution in [0.1, 0.15) is 48.0 Å². The van der Waals surface area contributed by atoms with E-state index >= 15 is 0 Å². The quantitative estimate of drug-likeness (QED) is 0.488. The van der Waals surface area contributed by atoms with Gasteiger partial charge in [0.25, 0.3) is 5.91 Å². The second-order valence-electron chi connectivity index (χ2n) is 8.99. The summed E-state index contributed by atoms with van der Waals surface area (Å²) in [5.41, 5.74) is 3.89. The lowest BCUT2D eigenvalue weighted by Crippen LogP contribution is -2.27. The summed E-state index contributed by atoms with van der Waals surface area (Å²) in [5.74, 6) is 1.86. The van der Waals surface area contributed by atoms with Gasteiger partial charge in [0.1, 0.15) is 5.56 Å². The van der Waals surface area contributed by atoms with Gasteiger partial charge in [0.15, 0.2) is 17.3 Å². The topological polar surface area (TPSA) is 74.0 Å². The Morgan fingerprint density at radius 3 is 2.06 bits per heavy atom. The van der Waals surface area contributed by atoms with Gasteiger partial charge in [-0.1, -0.05) is 50.2 Å². The predicted molar refractivity (Wildman–Crippen MR) is 127 cm³/mol. The zero-order chi connectivity index (χ0) is 24.3. The van der Waals surface area contributed by atoms with Gasteiger partial charge in [-0.25, -0.2) is 0 Å². The molecule has 0 radical (unpaired) electrons. The molecule has 1 heterocycles. The van der Waals surface area contributed by atoms with Gasteiger partial charge >= 0.3 is 0 Å². The van der Waals surface area contributed by atoms with Crippen molar-refractivity contribution in [3.8, 4) is 28.6 Å². The van der Waals surface area contributed by atoms with Gasteiger partial charge in [-0.2, -0.15) is 0 Å². The van der Waals surface area contributed by atoms with Crippen LogP contribution in [0.4, 0.5) is 0 Å². The monoisotopic (exact) mass is 452 g/mol. The van der Waals surface area contributed by atoms with E-state index in [1.54, 1.807) is 40.2 Å². The van der Waals surface area contributed by atoms with Gasteiger partial charge in [-0.15, -0.1) is 0 Å². The van der Waals surface area contributed by atoms with E-state index in [0.717, 1.165) is 11.1 Å². The maximum absolute atomic E-state index is 13.4. The Hall–Kier alpha value is -3.48. The van der Waals surface area contributed by atoms with Crippen molar-refractivity contribution in [3.63, 3.8) is 0 Å². The highest BCUT2D eigenvalue weighted by molar-refractivity contribution is 6.00. The molecule has 3 aromatic rings. The van der Waals surface area contributed by atoms with E-state index in [0.29, 0.717) is 40.8 Å². The van der Waals surface area contributed by atoms with E-state index in [9.17, 15) is 4.79 Å². The number of amides is 1. The summed E-state index contributed by atoms with van der Waals surface area (Å²) in [6, 6.07) is 11.7. The fraction of sp³-hybridized carbons (Fsp3) is 0.385. The van der Waals surface area contributed by atoms with Crippen molar-refractivity contribution in [1.82, 2.24) is 10.1 Å². The van der Waals surface area contributed by atoms with Crippen LogP contribution < -0.4 is 14.2 Å². The number of methoxy groups -OCH3 is 3. The number of hydrogen-bond donors (Lipinski definition) is 0. The highest BCUT2D eigenvalue weighted by Gasteiger charge is 2.26. The van der Waals surface area contributed by atoms with Crippen molar-refractivity contribution >= 4 is 5.91 Å². The molecule has 0 fully saturated rings. The van der Waals surface area contributed by atoms with Gasteiger partial charge in [0.2, 0.25) is 5.75 Å². The Morgan fingerprint density at radius 2 is 1.58 bits per heavy atom. The standard InChI is InChI=1S/C26H32N2O5/c1-16-22(23(33-27-16)18-9-11-19(12-10-18)26(2,3)4)25(29)28(5)15-17-13-20(30-6)24(32-8)21(14-17)31-7/h9-14H,15H2,1-8H3. The molecule has 2 aromatic carbocycles. The fourth-order valence-electron chi connectivity index (χ4n) is 3.70. The summed E-state index contributed by atoms with van der Waals surface area (Å²) in [4.78, 5) is 15.0. The number of aromatic nitrogens is 1. The van der Waals surface area contributed by atoms with Crippen LogP contribution >= 0.6 is 0 Å². The molecule has 0 N–H and O–H groups in total. The second-order valence-corrected chi connectivity index (χ2v) is 8.99. The number of rotatable bonds is 7. The van der Waals surface area contributed by atoms with Crippen molar-refractivity contribution in [1.29, 1.82) is 0 Å². The molecule has 0 aliphatic carbocycles. The molecule has 7 nitrogen and oxygen atoms in total. The van der Waals surface area contributed by atoms with E-state index in [2.05, 4.69) is 38.1 Å². The second kappa shape index (κ2) is 9.57. The molecule has 0 unspecified atom stereocenters. The molecule has 0 spiro atoms. The Morgan fingerprint density at radius 1 is 1.00 bits per heavy atom. The zero-order valence-corrected chi connectivity index (χ0v) is 20.6. The minimum atomic E-state index is -0.183. The molecule has 0 aliphatic rings. The smallest absolute Gasteiger partial charge is 0.259 e. The minimum Gasteiger partial charge on any atom is -0.493 e. The van der Waals surface area contributed by atoms with Crippen molar-refractivity contribution in [3.05, 3.63) is 58.8 Å². The average Bonchev–Trinajstić information content (AvgIpc) is 3.18. The van der Waals surface area contributed by atoms with Crippen molar-refractivity contribution in [2.75, 3.05) is 28.4 Å². The average molecular weight is 453 g/mol. The van der Waals surface area contributed by atoms with Crippen LogP contribution in [0.3, 0.4) is 0 Å². The van der Waals surface area contributed by atoms with E-state index in [1.165, 1.54) is 5.56 Å². The molecule has 176 valence electrons.